The monoisotopic (exact) mass is 224 g/mol. The third kappa shape index (κ3) is 2.09. The fourth-order valence-corrected chi connectivity index (χ4v) is 1.84. The highest BCUT2D eigenvalue weighted by Gasteiger charge is 2.26. The quantitative estimate of drug-likeness (QED) is 0.753. The molecule has 2 aromatic rings. The van der Waals surface area contributed by atoms with Crippen LogP contribution in [0.25, 0.3) is 11.3 Å². The molecule has 1 fully saturated rings. The van der Waals surface area contributed by atoms with E-state index in [0.717, 1.165) is 23.4 Å². The van der Waals surface area contributed by atoms with Gasteiger partial charge in [-0.2, -0.15) is 0 Å². The zero-order valence-electron chi connectivity index (χ0n) is 9.34. The maximum absolute atomic E-state index is 10.7. The van der Waals surface area contributed by atoms with Gasteiger partial charge in [0, 0.05) is 23.2 Å². The van der Waals surface area contributed by atoms with Crippen molar-refractivity contribution in [2.75, 3.05) is 0 Å². The molecule has 0 unspecified atom stereocenters. The van der Waals surface area contributed by atoms with Gasteiger partial charge in [-0.05, 0) is 25.0 Å². The minimum Gasteiger partial charge on any atom is -0.298 e. The number of nitrogens with zero attached hydrogens (tertiary/aromatic N) is 2. The van der Waals surface area contributed by atoms with Crippen molar-refractivity contribution in [2.24, 2.45) is 0 Å². The molecule has 0 atom stereocenters. The molecule has 0 amide bonds. The molecule has 0 spiro atoms. The van der Waals surface area contributed by atoms with Gasteiger partial charge in [0.25, 0.3) is 0 Å². The van der Waals surface area contributed by atoms with Crippen LogP contribution in [0.3, 0.4) is 0 Å². The van der Waals surface area contributed by atoms with E-state index < -0.39 is 0 Å². The lowest BCUT2D eigenvalue weighted by Gasteiger charge is -2.03. The Balaban J connectivity index is 2.01. The molecule has 3 nitrogen and oxygen atoms in total. The van der Waals surface area contributed by atoms with Gasteiger partial charge in [0.15, 0.2) is 0 Å². The number of aromatic nitrogens is 2. The van der Waals surface area contributed by atoms with E-state index in [0.29, 0.717) is 11.5 Å². The predicted octanol–water partition coefficient (Wildman–Crippen LogP) is 2.83. The first kappa shape index (κ1) is 10.1. The fraction of sp³-hybridized carbons (Fsp3) is 0.214. The maximum atomic E-state index is 10.7. The average Bonchev–Trinajstić information content (AvgIpc) is 3.23. The summed E-state index contributed by atoms with van der Waals surface area (Å²) in [5.41, 5.74) is 2.54. The number of aldehydes is 1. The Kier molecular flexibility index (Phi) is 2.44. The van der Waals surface area contributed by atoms with Crippen LogP contribution in [0.1, 0.15) is 34.9 Å². The molecule has 1 aromatic heterocycles. The molecule has 1 saturated carbocycles. The van der Waals surface area contributed by atoms with Crippen molar-refractivity contribution in [1.29, 1.82) is 0 Å². The molecule has 0 N–H and O–H groups in total. The molecule has 1 aliphatic rings. The lowest BCUT2D eigenvalue weighted by Crippen LogP contribution is -1.94. The van der Waals surface area contributed by atoms with Gasteiger partial charge in [-0.15, -0.1) is 0 Å². The van der Waals surface area contributed by atoms with Gasteiger partial charge in [0.2, 0.25) is 0 Å². The largest absolute Gasteiger partial charge is 0.298 e. The van der Waals surface area contributed by atoms with Gasteiger partial charge < -0.3 is 0 Å². The molecule has 0 bridgehead atoms. The standard InChI is InChI=1S/C14H12N2O/c17-9-10-2-1-3-12(8-10)13-6-7-15-14(16-13)11-4-5-11/h1-3,6-9,11H,4-5H2. The number of hydrogen-bond donors (Lipinski definition) is 0. The molecular formula is C14H12N2O. The first-order valence-corrected chi connectivity index (χ1v) is 5.75. The fourth-order valence-electron chi connectivity index (χ4n) is 1.84. The van der Waals surface area contributed by atoms with E-state index in [4.69, 9.17) is 0 Å². The molecule has 1 heterocycles. The highest BCUT2D eigenvalue weighted by Crippen LogP contribution is 2.38. The minimum atomic E-state index is 0.546. The van der Waals surface area contributed by atoms with E-state index in [-0.39, 0.29) is 0 Å². The molecule has 0 aliphatic heterocycles. The van der Waals surface area contributed by atoms with Crippen molar-refractivity contribution >= 4 is 6.29 Å². The van der Waals surface area contributed by atoms with Gasteiger partial charge in [-0.25, -0.2) is 9.97 Å². The van der Waals surface area contributed by atoms with Gasteiger partial charge in [-0.3, -0.25) is 4.79 Å². The summed E-state index contributed by atoms with van der Waals surface area (Å²) in [5.74, 6) is 1.48. The molecule has 1 aliphatic carbocycles. The number of benzene rings is 1. The Hall–Kier alpha value is -2.03. The van der Waals surface area contributed by atoms with Crippen molar-refractivity contribution in [3.63, 3.8) is 0 Å². The Morgan fingerprint density at radius 2 is 2.12 bits per heavy atom. The molecular weight excluding hydrogens is 212 g/mol. The topological polar surface area (TPSA) is 42.9 Å². The lowest BCUT2D eigenvalue weighted by molar-refractivity contribution is 0.112. The number of hydrogen-bond acceptors (Lipinski definition) is 3. The van der Waals surface area contributed by atoms with Crippen molar-refractivity contribution in [2.45, 2.75) is 18.8 Å². The smallest absolute Gasteiger partial charge is 0.150 e. The first-order valence-electron chi connectivity index (χ1n) is 5.75. The first-order chi connectivity index (χ1) is 8.36. The van der Waals surface area contributed by atoms with Crippen LogP contribution in [-0.2, 0) is 0 Å². The summed E-state index contributed by atoms with van der Waals surface area (Å²) in [4.78, 5) is 19.6. The number of carbonyl (C=O) groups excluding carboxylic acids is 1. The number of rotatable bonds is 3. The van der Waals surface area contributed by atoms with Crippen LogP contribution in [-0.4, -0.2) is 16.3 Å². The van der Waals surface area contributed by atoms with Gasteiger partial charge >= 0.3 is 0 Å². The van der Waals surface area contributed by atoms with Crippen molar-refractivity contribution in [3.8, 4) is 11.3 Å². The molecule has 17 heavy (non-hydrogen) atoms. The number of carbonyl (C=O) groups is 1. The van der Waals surface area contributed by atoms with Gasteiger partial charge in [-0.1, -0.05) is 18.2 Å². The second-order valence-corrected chi connectivity index (χ2v) is 4.32. The van der Waals surface area contributed by atoms with Crippen molar-refractivity contribution < 1.29 is 4.79 Å². The molecule has 84 valence electrons. The summed E-state index contributed by atoms with van der Waals surface area (Å²) in [6.07, 6.45) is 5.03. The Morgan fingerprint density at radius 3 is 2.88 bits per heavy atom. The Bertz CT molecular complexity index is 562. The summed E-state index contributed by atoms with van der Waals surface area (Å²) in [6.45, 7) is 0. The predicted molar refractivity (Wildman–Crippen MR) is 64.8 cm³/mol. The molecule has 3 heteroatoms. The van der Waals surface area contributed by atoms with E-state index >= 15 is 0 Å². The van der Waals surface area contributed by atoms with Crippen LogP contribution in [0, 0.1) is 0 Å². The molecule has 3 rings (SSSR count). The zero-order chi connectivity index (χ0) is 11.7. The second-order valence-electron chi connectivity index (χ2n) is 4.32. The zero-order valence-corrected chi connectivity index (χ0v) is 9.34. The van der Waals surface area contributed by atoms with E-state index in [9.17, 15) is 4.79 Å². The molecule has 0 radical (unpaired) electrons. The minimum absolute atomic E-state index is 0.546. The van der Waals surface area contributed by atoms with Crippen LogP contribution in [0.4, 0.5) is 0 Å². The van der Waals surface area contributed by atoms with Crippen LogP contribution in [0.15, 0.2) is 36.5 Å². The Morgan fingerprint density at radius 1 is 1.24 bits per heavy atom. The van der Waals surface area contributed by atoms with Crippen LogP contribution in [0.5, 0.6) is 0 Å². The second kappa shape index (κ2) is 4.09. The molecule has 0 saturated heterocycles. The van der Waals surface area contributed by atoms with Crippen molar-refractivity contribution in [1.82, 2.24) is 9.97 Å². The summed E-state index contributed by atoms with van der Waals surface area (Å²) >= 11 is 0. The average molecular weight is 224 g/mol. The summed E-state index contributed by atoms with van der Waals surface area (Å²) in [6, 6.07) is 9.37. The third-order valence-corrected chi connectivity index (χ3v) is 2.94. The summed E-state index contributed by atoms with van der Waals surface area (Å²) in [7, 11) is 0. The lowest BCUT2D eigenvalue weighted by atomic mass is 10.1. The summed E-state index contributed by atoms with van der Waals surface area (Å²) < 4.78 is 0. The van der Waals surface area contributed by atoms with E-state index in [2.05, 4.69) is 9.97 Å². The maximum Gasteiger partial charge on any atom is 0.150 e. The molecule has 1 aromatic carbocycles. The normalized spacial score (nSPS) is 14.6. The van der Waals surface area contributed by atoms with Crippen LogP contribution < -0.4 is 0 Å². The van der Waals surface area contributed by atoms with Gasteiger partial charge in [0.05, 0.1) is 5.69 Å². The van der Waals surface area contributed by atoms with E-state index in [1.54, 1.807) is 12.3 Å². The van der Waals surface area contributed by atoms with Crippen LogP contribution in [0.2, 0.25) is 0 Å². The van der Waals surface area contributed by atoms with E-state index in [1.807, 2.05) is 24.3 Å². The Labute approximate surface area is 99.5 Å². The van der Waals surface area contributed by atoms with Crippen LogP contribution >= 0.6 is 0 Å². The van der Waals surface area contributed by atoms with Gasteiger partial charge in [0.1, 0.15) is 12.1 Å². The highest BCUT2D eigenvalue weighted by atomic mass is 16.1. The highest BCUT2D eigenvalue weighted by molar-refractivity contribution is 5.78. The van der Waals surface area contributed by atoms with Crippen molar-refractivity contribution in [3.05, 3.63) is 47.9 Å². The third-order valence-electron chi connectivity index (χ3n) is 2.94. The van der Waals surface area contributed by atoms with E-state index in [1.165, 1.54) is 12.8 Å². The SMILES string of the molecule is O=Cc1cccc(-c2ccnc(C3CC3)n2)c1. The summed E-state index contributed by atoms with van der Waals surface area (Å²) in [5, 5.41) is 0.